The number of methoxy groups -OCH3 is 1. The molecule has 260 valence electrons. The predicted molar refractivity (Wildman–Crippen MR) is 191 cm³/mol. The van der Waals surface area contributed by atoms with Crippen LogP contribution in [0.25, 0.3) is 0 Å². The summed E-state index contributed by atoms with van der Waals surface area (Å²) in [7, 11) is 3.67. The van der Waals surface area contributed by atoms with E-state index < -0.39 is 17.6 Å². The van der Waals surface area contributed by atoms with E-state index in [0.29, 0.717) is 28.6 Å². The van der Waals surface area contributed by atoms with Crippen LogP contribution >= 0.6 is 0 Å². The second kappa shape index (κ2) is 15.2. The van der Waals surface area contributed by atoms with Gasteiger partial charge < -0.3 is 29.9 Å². The van der Waals surface area contributed by atoms with Crippen molar-refractivity contribution in [2.75, 3.05) is 55.9 Å². The number of ether oxygens (including phenoxy) is 2. The number of aryl methyl sites for hydroxylation is 1. The van der Waals surface area contributed by atoms with Gasteiger partial charge in [0.25, 0.3) is 5.91 Å². The van der Waals surface area contributed by atoms with Gasteiger partial charge in [-0.25, -0.2) is 4.98 Å². The molecule has 1 saturated heterocycles. The van der Waals surface area contributed by atoms with Gasteiger partial charge in [-0.15, -0.1) is 0 Å². The summed E-state index contributed by atoms with van der Waals surface area (Å²) >= 11 is 0. The average molecular weight is 693 g/mol. The molecule has 1 aliphatic rings. The number of carbonyl (C=O) groups is 1. The highest BCUT2D eigenvalue weighted by molar-refractivity contribution is 6.04. The number of para-hydroxylation sites is 2. The van der Waals surface area contributed by atoms with Crippen LogP contribution in [0.2, 0.25) is 0 Å². The van der Waals surface area contributed by atoms with Crippen molar-refractivity contribution in [3.05, 3.63) is 125 Å². The monoisotopic (exact) mass is 692 g/mol. The number of hydrogen-bond donors (Lipinski definition) is 2. The lowest BCUT2D eigenvalue weighted by Crippen LogP contribution is -2.44. The van der Waals surface area contributed by atoms with Crippen LogP contribution in [0.1, 0.15) is 32.6 Å². The Morgan fingerprint density at radius 2 is 1.57 bits per heavy atom. The number of benzene rings is 4. The molecule has 1 fully saturated rings. The summed E-state index contributed by atoms with van der Waals surface area (Å²) in [5.74, 6) is 6.97. The van der Waals surface area contributed by atoms with Crippen molar-refractivity contribution in [2.24, 2.45) is 0 Å². The van der Waals surface area contributed by atoms with E-state index in [0.717, 1.165) is 55.2 Å². The van der Waals surface area contributed by atoms with E-state index in [4.69, 9.17) is 9.47 Å². The summed E-state index contributed by atoms with van der Waals surface area (Å²) < 4.78 is 51.2. The molecule has 5 aromatic rings. The zero-order valence-corrected chi connectivity index (χ0v) is 28.2. The summed E-state index contributed by atoms with van der Waals surface area (Å²) in [5, 5.41) is 5.78. The van der Waals surface area contributed by atoms with E-state index in [-0.39, 0.29) is 17.1 Å². The van der Waals surface area contributed by atoms with Gasteiger partial charge in [-0.05, 0) is 86.3 Å². The van der Waals surface area contributed by atoms with E-state index in [1.165, 1.54) is 12.1 Å². The van der Waals surface area contributed by atoms with Crippen molar-refractivity contribution in [3.63, 3.8) is 0 Å². The maximum atomic E-state index is 13.2. The molecule has 0 radical (unpaired) electrons. The topological polar surface area (TPSA) is 91.9 Å². The minimum Gasteiger partial charge on any atom is -0.493 e. The Labute approximate surface area is 294 Å². The molecule has 12 heteroatoms. The van der Waals surface area contributed by atoms with Gasteiger partial charge in [0.1, 0.15) is 5.56 Å². The Kier molecular flexibility index (Phi) is 10.4. The van der Waals surface area contributed by atoms with Crippen molar-refractivity contribution in [1.29, 1.82) is 0 Å². The Hall–Kier alpha value is -6.06. The van der Waals surface area contributed by atoms with E-state index in [1.807, 2.05) is 31.2 Å². The summed E-state index contributed by atoms with van der Waals surface area (Å²) in [6.45, 7) is 5.80. The summed E-state index contributed by atoms with van der Waals surface area (Å²) in [4.78, 5) is 26.8. The lowest BCUT2D eigenvalue weighted by molar-refractivity contribution is -0.137. The zero-order valence-electron chi connectivity index (χ0n) is 28.2. The molecule has 0 aliphatic carbocycles. The Morgan fingerprint density at radius 3 is 2.29 bits per heavy atom. The standard InChI is InChI=1S/C39H35F3N6O3/c1-26-11-12-28(36(49)44-32-8-6-7-30(24-32)39(40,41)42)23-27(26)13-14-29-25-43-38(46-37(29)51-35-10-5-4-9-34(35)50-3)45-31-15-17-33(18-16-31)48-21-19-47(2)20-22-48/h4-12,15-18,23-25H,19-22H2,1-3H3,(H,44,49)(H,43,45,46). The van der Waals surface area contributed by atoms with E-state index in [1.54, 1.807) is 43.6 Å². The molecule has 2 N–H and O–H groups in total. The molecule has 0 bridgehead atoms. The van der Waals surface area contributed by atoms with Crippen LogP contribution in [-0.2, 0) is 6.18 Å². The van der Waals surface area contributed by atoms with Gasteiger partial charge in [-0.2, -0.15) is 18.2 Å². The molecular weight excluding hydrogens is 657 g/mol. The van der Waals surface area contributed by atoms with Gasteiger partial charge in [-0.1, -0.05) is 36.1 Å². The quantitative estimate of drug-likeness (QED) is 0.160. The molecule has 9 nitrogen and oxygen atoms in total. The predicted octanol–water partition coefficient (Wildman–Crippen LogP) is 7.75. The van der Waals surface area contributed by atoms with Gasteiger partial charge in [0, 0.05) is 54.4 Å². The van der Waals surface area contributed by atoms with Crippen LogP contribution in [0.15, 0.2) is 97.2 Å². The van der Waals surface area contributed by atoms with Crippen LogP contribution in [0.4, 0.5) is 36.2 Å². The SMILES string of the molecule is COc1ccccc1Oc1nc(Nc2ccc(N3CCN(C)CC3)cc2)ncc1C#Cc1cc(C(=O)Nc2cccc(C(F)(F)F)c2)ccc1C. The molecule has 51 heavy (non-hydrogen) atoms. The number of likely N-dealkylation sites (N-methyl/N-ethyl adjacent to an activating group) is 1. The number of alkyl halides is 3. The number of hydrogen-bond acceptors (Lipinski definition) is 8. The smallest absolute Gasteiger partial charge is 0.416 e. The maximum Gasteiger partial charge on any atom is 0.416 e. The third-order valence-electron chi connectivity index (χ3n) is 8.30. The Balaban J connectivity index is 1.25. The Morgan fingerprint density at radius 1 is 0.843 bits per heavy atom. The van der Waals surface area contributed by atoms with Crippen LogP contribution in [0.3, 0.4) is 0 Å². The lowest BCUT2D eigenvalue weighted by Gasteiger charge is -2.34. The molecular formula is C39H35F3N6O3. The van der Waals surface area contributed by atoms with Gasteiger partial charge in [0.2, 0.25) is 11.8 Å². The number of carbonyl (C=O) groups excluding carboxylic acids is 1. The fourth-order valence-electron chi connectivity index (χ4n) is 5.36. The van der Waals surface area contributed by atoms with Crippen molar-refractivity contribution >= 4 is 28.9 Å². The molecule has 0 spiro atoms. The number of nitrogens with one attached hydrogen (secondary N) is 2. The maximum absolute atomic E-state index is 13.2. The van der Waals surface area contributed by atoms with Crippen molar-refractivity contribution in [3.8, 4) is 29.2 Å². The number of rotatable bonds is 8. The second-order valence-electron chi connectivity index (χ2n) is 11.9. The van der Waals surface area contributed by atoms with Gasteiger partial charge in [0.15, 0.2) is 11.5 Å². The highest BCUT2D eigenvalue weighted by Crippen LogP contribution is 2.33. The number of piperazine rings is 1. The van der Waals surface area contributed by atoms with Gasteiger partial charge >= 0.3 is 6.18 Å². The van der Waals surface area contributed by atoms with E-state index in [2.05, 4.69) is 61.4 Å². The molecule has 0 atom stereocenters. The minimum atomic E-state index is -4.53. The summed E-state index contributed by atoms with van der Waals surface area (Å²) in [6, 6.07) is 24.6. The fraction of sp³-hybridized carbons (Fsp3) is 0.205. The third kappa shape index (κ3) is 8.76. The number of amides is 1. The fourth-order valence-corrected chi connectivity index (χ4v) is 5.36. The molecule has 1 aliphatic heterocycles. The zero-order chi connectivity index (χ0) is 36.0. The van der Waals surface area contributed by atoms with Crippen LogP contribution < -0.4 is 25.0 Å². The van der Waals surface area contributed by atoms with E-state index >= 15 is 0 Å². The van der Waals surface area contributed by atoms with Crippen LogP contribution in [-0.4, -0.2) is 61.1 Å². The van der Waals surface area contributed by atoms with Gasteiger partial charge in [0.05, 0.1) is 18.9 Å². The molecule has 0 unspecified atom stereocenters. The lowest BCUT2D eigenvalue weighted by atomic mass is 10.0. The number of halogens is 3. The minimum absolute atomic E-state index is 0.0259. The molecule has 1 amide bonds. The first kappa shape index (κ1) is 34.8. The van der Waals surface area contributed by atoms with E-state index in [9.17, 15) is 18.0 Å². The van der Waals surface area contributed by atoms with Crippen LogP contribution in [0.5, 0.6) is 17.4 Å². The van der Waals surface area contributed by atoms with Crippen molar-refractivity contribution < 1.29 is 27.4 Å². The second-order valence-corrected chi connectivity index (χ2v) is 11.9. The largest absolute Gasteiger partial charge is 0.493 e. The third-order valence-corrected chi connectivity index (χ3v) is 8.30. The number of nitrogens with zero attached hydrogens (tertiary/aromatic N) is 4. The highest BCUT2D eigenvalue weighted by Gasteiger charge is 2.30. The van der Waals surface area contributed by atoms with Crippen LogP contribution in [0, 0.1) is 18.8 Å². The molecule has 4 aromatic carbocycles. The number of anilines is 4. The molecule has 0 saturated carbocycles. The summed E-state index contributed by atoms with van der Waals surface area (Å²) in [5.41, 5.74) is 3.01. The van der Waals surface area contributed by atoms with Crippen molar-refractivity contribution in [2.45, 2.75) is 13.1 Å². The molecule has 6 rings (SSSR count). The Bertz CT molecular complexity index is 2090. The first-order chi connectivity index (χ1) is 24.6. The first-order valence-corrected chi connectivity index (χ1v) is 16.2. The molecule has 2 heterocycles. The first-order valence-electron chi connectivity index (χ1n) is 16.2. The normalized spacial score (nSPS) is 13.2. The molecule has 1 aromatic heterocycles. The average Bonchev–Trinajstić information content (AvgIpc) is 3.12. The van der Waals surface area contributed by atoms with Crippen molar-refractivity contribution in [1.82, 2.24) is 14.9 Å². The summed E-state index contributed by atoms with van der Waals surface area (Å²) in [6.07, 6.45) is -2.99. The highest BCUT2D eigenvalue weighted by atomic mass is 19.4. The number of aromatic nitrogens is 2. The van der Waals surface area contributed by atoms with Gasteiger partial charge in [-0.3, -0.25) is 4.79 Å².